The number of thiazole rings is 1. The van der Waals surface area contributed by atoms with Crippen LogP contribution in [-0.4, -0.2) is 15.8 Å². The number of aryl methyl sites for hydroxylation is 1. The first-order chi connectivity index (χ1) is 11.3. The number of nitrogens with one attached hydrogen (secondary N) is 1. The van der Waals surface area contributed by atoms with Crippen LogP contribution in [0.2, 0.25) is 0 Å². The normalized spacial score (nSPS) is 11.7. The summed E-state index contributed by atoms with van der Waals surface area (Å²) in [5, 5.41) is 6.38. The highest BCUT2D eigenvalue weighted by Gasteiger charge is 2.05. The second kappa shape index (κ2) is 5.85. The lowest BCUT2D eigenvalue weighted by Crippen LogP contribution is -1.90. The molecule has 0 bridgehead atoms. The predicted molar refractivity (Wildman–Crippen MR) is 98.4 cm³/mol. The quantitative estimate of drug-likeness (QED) is 0.437. The monoisotopic (exact) mass is 320 g/mol. The van der Waals surface area contributed by atoms with Crippen molar-refractivity contribution in [2.45, 2.75) is 13.5 Å². The first kappa shape index (κ1) is 14.0. The van der Waals surface area contributed by atoms with Crippen LogP contribution in [0.1, 0.15) is 12.5 Å². The minimum absolute atomic E-state index is 0.807. The van der Waals surface area contributed by atoms with E-state index in [-0.39, 0.29) is 0 Å². The number of fused-ring (bicyclic) bond motifs is 2. The number of hydrogen-bond donors (Lipinski definition) is 1. The number of hydrazone groups is 1. The summed E-state index contributed by atoms with van der Waals surface area (Å²) in [5.41, 5.74) is 6.38. The molecule has 1 N–H and O–H groups in total. The van der Waals surface area contributed by atoms with Gasteiger partial charge < -0.3 is 4.57 Å². The number of nitrogens with zero attached hydrogens (tertiary/aromatic N) is 3. The number of anilines is 1. The van der Waals surface area contributed by atoms with E-state index in [4.69, 9.17) is 0 Å². The molecule has 0 aliphatic heterocycles. The van der Waals surface area contributed by atoms with Crippen LogP contribution in [0.25, 0.3) is 21.1 Å². The SMILES string of the molecule is CCn1cc(/C=N\Nc2nc3ccccc3s2)c2ccccc21. The molecule has 114 valence electrons. The fourth-order valence-corrected chi connectivity index (χ4v) is 3.53. The van der Waals surface area contributed by atoms with Gasteiger partial charge in [0.05, 0.1) is 16.4 Å². The number of hydrogen-bond acceptors (Lipinski definition) is 4. The standard InChI is InChI=1S/C18H16N4S/c1-2-22-12-13(14-7-3-5-9-16(14)22)11-19-21-18-20-15-8-4-6-10-17(15)23-18/h3-12H,2H2,1H3,(H,20,21)/b19-11-. The van der Waals surface area contributed by atoms with Crippen molar-refractivity contribution in [1.82, 2.24) is 9.55 Å². The van der Waals surface area contributed by atoms with Crippen molar-refractivity contribution in [1.29, 1.82) is 0 Å². The van der Waals surface area contributed by atoms with Gasteiger partial charge in [-0.25, -0.2) is 4.98 Å². The molecule has 0 unspecified atom stereocenters. The summed E-state index contributed by atoms with van der Waals surface area (Å²) >= 11 is 1.60. The Bertz CT molecular complexity index is 964. The first-order valence-electron chi connectivity index (χ1n) is 7.57. The molecule has 23 heavy (non-hydrogen) atoms. The van der Waals surface area contributed by atoms with E-state index < -0.39 is 0 Å². The minimum atomic E-state index is 0.807. The highest BCUT2D eigenvalue weighted by Crippen LogP contribution is 2.25. The van der Waals surface area contributed by atoms with Gasteiger partial charge in [-0.15, -0.1) is 0 Å². The number of aromatic nitrogens is 2. The molecule has 5 heteroatoms. The lowest BCUT2D eigenvalue weighted by Gasteiger charge is -1.97. The van der Waals surface area contributed by atoms with Crippen molar-refractivity contribution in [2.24, 2.45) is 5.10 Å². The Balaban J connectivity index is 1.61. The van der Waals surface area contributed by atoms with Gasteiger partial charge in [-0.05, 0) is 25.1 Å². The third-order valence-corrected chi connectivity index (χ3v) is 4.76. The second-order valence-corrected chi connectivity index (χ2v) is 6.27. The highest BCUT2D eigenvalue weighted by molar-refractivity contribution is 7.22. The first-order valence-corrected chi connectivity index (χ1v) is 8.39. The Labute approximate surface area is 138 Å². The smallest absolute Gasteiger partial charge is 0.204 e. The van der Waals surface area contributed by atoms with E-state index in [1.54, 1.807) is 11.3 Å². The summed E-state index contributed by atoms with van der Waals surface area (Å²) in [6.45, 7) is 3.09. The van der Waals surface area contributed by atoms with E-state index in [1.165, 1.54) is 10.9 Å². The zero-order chi connectivity index (χ0) is 15.6. The van der Waals surface area contributed by atoms with E-state index in [2.05, 4.69) is 63.5 Å². The van der Waals surface area contributed by atoms with Gasteiger partial charge in [0.15, 0.2) is 0 Å². The third-order valence-electron chi connectivity index (χ3n) is 3.82. The molecule has 0 atom stereocenters. The van der Waals surface area contributed by atoms with Crippen molar-refractivity contribution >= 4 is 43.8 Å². The zero-order valence-electron chi connectivity index (χ0n) is 12.7. The highest BCUT2D eigenvalue weighted by atomic mass is 32.1. The molecular formula is C18H16N4S. The van der Waals surface area contributed by atoms with Gasteiger partial charge in [0, 0.05) is 29.2 Å². The van der Waals surface area contributed by atoms with E-state index in [0.29, 0.717) is 0 Å². The van der Waals surface area contributed by atoms with Crippen LogP contribution in [-0.2, 0) is 6.54 Å². The largest absolute Gasteiger partial charge is 0.347 e. The third kappa shape index (κ3) is 2.59. The summed E-state index contributed by atoms with van der Waals surface area (Å²) in [6, 6.07) is 16.5. The molecule has 2 aromatic carbocycles. The molecule has 0 saturated heterocycles. The molecule has 0 saturated carbocycles. The maximum Gasteiger partial charge on any atom is 0.204 e. The molecule has 4 nitrogen and oxygen atoms in total. The topological polar surface area (TPSA) is 42.2 Å². The lowest BCUT2D eigenvalue weighted by atomic mass is 10.2. The predicted octanol–water partition coefficient (Wildman–Crippen LogP) is 4.72. The molecule has 0 spiro atoms. The maximum absolute atomic E-state index is 4.52. The Morgan fingerprint density at radius 1 is 1.17 bits per heavy atom. The van der Waals surface area contributed by atoms with E-state index in [0.717, 1.165) is 27.5 Å². The average molecular weight is 320 g/mol. The maximum atomic E-state index is 4.52. The molecule has 0 radical (unpaired) electrons. The van der Waals surface area contributed by atoms with Gasteiger partial charge in [0.2, 0.25) is 5.13 Å². The van der Waals surface area contributed by atoms with E-state index >= 15 is 0 Å². The molecule has 0 aliphatic rings. The molecule has 0 aliphatic carbocycles. The summed E-state index contributed by atoms with van der Waals surface area (Å²) in [6.07, 6.45) is 3.99. The van der Waals surface area contributed by atoms with Crippen LogP contribution in [0, 0.1) is 0 Å². The summed E-state index contributed by atoms with van der Waals surface area (Å²) in [5.74, 6) is 0. The Morgan fingerprint density at radius 2 is 2.00 bits per heavy atom. The zero-order valence-corrected chi connectivity index (χ0v) is 13.5. The Kier molecular flexibility index (Phi) is 3.55. The fraction of sp³-hybridized carbons (Fsp3) is 0.111. The average Bonchev–Trinajstić information content (AvgIpc) is 3.16. The van der Waals surface area contributed by atoms with Crippen LogP contribution in [0.4, 0.5) is 5.13 Å². The van der Waals surface area contributed by atoms with Crippen molar-refractivity contribution in [2.75, 3.05) is 5.43 Å². The van der Waals surface area contributed by atoms with Gasteiger partial charge in [0.1, 0.15) is 0 Å². The molecule has 0 amide bonds. The van der Waals surface area contributed by atoms with Crippen molar-refractivity contribution < 1.29 is 0 Å². The molecule has 4 rings (SSSR count). The van der Waals surface area contributed by atoms with Crippen molar-refractivity contribution in [3.63, 3.8) is 0 Å². The summed E-state index contributed by atoms with van der Waals surface area (Å²) < 4.78 is 3.39. The van der Waals surface area contributed by atoms with Crippen LogP contribution >= 0.6 is 11.3 Å². The van der Waals surface area contributed by atoms with Crippen LogP contribution in [0.15, 0.2) is 59.8 Å². The number of benzene rings is 2. The molecule has 2 aromatic heterocycles. The van der Waals surface area contributed by atoms with Gasteiger partial charge in [-0.2, -0.15) is 5.10 Å². The molecule has 4 aromatic rings. The van der Waals surface area contributed by atoms with Gasteiger partial charge >= 0.3 is 0 Å². The lowest BCUT2D eigenvalue weighted by molar-refractivity contribution is 0.797. The fourth-order valence-electron chi connectivity index (χ4n) is 2.72. The van der Waals surface area contributed by atoms with E-state index in [1.807, 2.05) is 24.4 Å². The van der Waals surface area contributed by atoms with E-state index in [9.17, 15) is 0 Å². The Morgan fingerprint density at radius 3 is 2.87 bits per heavy atom. The van der Waals surface area contributed by atoms with Gasteiger partial charge in [0.25, 0.3) is 0 Å². The van der Waals surface area contributed by atoms with Crippen LogP contribution in [0.5, 0.6) is 0 Å². The van der Waals surface area contributed by atoms with Crippen molar-refractivity contribution in [3.05, 3.63) is 60.3 Å². The second-order valence-electron chi connectivity index (χ2n) is 5.24. The van der Waals surface area contributed by atoms with Crippen molar-refractivity contribution in [3.8, 4) is 0 Å². The number of rotatable bonds is 4. The molecule has 2 heterocycles. The number of para-hydroxylation sites is 2. The van der Waals surface area contributed by atoms with Crippen LogP contribution in [0.3, 0.4) is 0 Å². The minimum Gasteiger partial charge on any atom is -0.347 e. The van der Waals surface area contributed by atoms with Crippen LogP contribution < -0.4 is 5.43 Å². The molecular weight excluding hydrogens is 304 g/mol. The summed E-state index contributed by atoms with van der Waals surface area (Å²) in [4.78, 5) is 4.52. The Hall–Kier alpha value is -2.66. The van der Waals surface area contributed by atoms with Gasteiger partial charge in [-0.3, -0.25) is 5.43 Å². The molecule has 0 fully saturated rings. The summed E-state index contributed by atoms with van der Waals surface area (Å²) in [7, 11) is 0. The van der Waals surface area contributed by atoms with Gasteiger partial charge in [-0.1, -0.05) is 41.7 Å².